The number of pyridine rings is 1. The molecule has 0 spiro atoms. The summed E-state index contributed by atoms with van der Waals surface area (Å²) in [6, 6.07) is 10.5. The highest BCUT2D eigenvalue weighted by atomic mass is 16.3. The van der Waals surface area contributed by atoms with E-state index in [1.54, 1.807) is 0 Å². The molecule has 124 valence electrons. The molecule has 3 rings (SSSR count). The molecule has 2 atom stereocenters. The second-order valence-corrected chi connectivity index (χ2v) is 7.66. The Bertz CT molecular complexity index is 660. The summed E-state index contributed by atoms with van der Waals surface area (Å²) in [5.41, 5.74) is 1.86. The molecule has 2 aromatic rings. The minimum atomic E-state index is -0.530. The van der Waals surface area contributed by atoms with Crippen molar-refractivity contribution in [1.82, 2.24) is 9.88 Å². The van der Waals surface area contributed by atoms with Crippen LogP contribution in [0.3, 0.4) is 0 Å². The molecule has 0 aliphatic carbocycles. The van der Waals surface area contributed by atoms with Gasteiger partial charge in [-0.1, -0.05) is 38.1 Å². The van der Waals surface area contributed by atoms with Crippen molar-refractivity contribution in [2.24, 2.45) is 11.8 Å². The second kappa shape index (κ2) is 6.58. The minimum absolute atomic E-state index is 0.346. The van der Waals surface area contributed by atoms with Crippen molar-refractivity contribution < 1.29 is 5.11 Å². The average molecular weight is 312 g/mol. The predicted molar refractivity (Wildman–Crippen MR) is 95.2 cm³/mol. The highest BCUT2D eigenvalue weighted by Crippen LogP contribution is 2.33. The van der Waals surface area contributed by atoms with E-state index in [0.29, 0.717) is 11.8 Å². The summed E-state index contributed by atoms with van der Waals surface area (Å²) in [6.07, 6.45) is 3.80. The number of benzene rings is 1. The van der Waals surface area contributed by atoms with E-state index in [0.717, 1.165) is 38.0 Å². The zero-order chi connectivity index (χ0) is 16.4. The predicted octanol–water partition coefficient (Wildman–Crippen LogP) is 3.85. The van der Waals surface area contributed by atoms with E-state index in [4.69, 9.17) is 0 Å². The first-order valence-corrected chi connectivity index (χ1v) is 8.73. The summed E-state index contributed by atoms with van der Waals surface area (Å²) in [5, 5.41) is 11.9. The van der Waals surface area contributed by atoms with Crippen LogP contribution in [0, 0.1) is 11.8 Å². The van der Waals surface area contributed by atoms with Crippen molar-refractivity contribution in [1.29, 1.82) is 0 Å². The fraction of sp³-hybridized carbons (Fsp3) is 0.550. The van der Waals surface area contributed by atoms with Crippen LogP contribution in [0.4, 0.5) is 0 Å². The van der Waals surface area contributed by atoms with Crippen LogP contribution in [-0.4, -0.2) is 33.7 Å². The summed E-state index contributed by atoms with van der Waals surface area (Å²) in [5.74, 6) is 0.963. The molecule has 3 nitrogen and oxygen atoms in total. The van der Waals surface area contributed by atoms with E-state index in [1.807, 2.05) is 19.2 Å². The largest absolute Gasteiger partial charge is 0.390 e. The maximum Gasteiger partial charge on any atom is 0.0746 e. The first kappa shape index (κ1) is 16.4. The summed E-state index contributed by atoms with van der Waals surface area (Å²) in [6.45, 7) is 9.32. The molecule has 1 aliphatic rings. The van der Waals surface area contributed by atoms with Crippen molar-refractivity contribution in [2.75, 3.05) is 13.1 Å². The average Bonchev–Trinajstić information content (AvgIpc) is 2.51. The van der Waals surface area contributed by atoms with Gasteiger partial charge in [0, 0.05) is 37.1 Å². The number of piperidine rings is 1. The Morgan fingerprint density at radius 2 is 2.09 bits per heavy atom. The van der Waals surface area contributed by atoms with Crippen LogP contribution in [0.15, 0.2) is 36.5 Å². The zero-order valence-electron chi connectivity index (χ0n) is 14.5. The SMILES string of the molecule is CC(C)C[C@H]1CN(Cc2cccc3cccnc23)CC[C@@]1(C)O. The van der Waals surface area contributed by atoms with Gasteiger partial charge in [-0.25, -0.2) is 0 Å². The van der Waals surface area contributed by atoms with E-state index in [9.17, 15) is 5.11 Å². The van der Waals surface area contributed by atoms with E-state index in [-0.39, 0.29) is 0 Å². The third-order valence-electron chi connectivity index (χ3n) is 5.16. The van der Waals surface area contributed by atoms with Gasteiger partial charge in [-0.2, -0.15) is 0 Å². The molecule has 23 heavy (non-hydrogen) atoms. The Hall–Kier alpha value is -1.45. The van der Waals surface area contributed by atoms with Crippen molar-refractivity contribution in [3.05, 3.63) is 42.1 Å². The number of nitrogens with zero attached hydrogens (tertiary/aromatic N) is 2. The highest BCUT2D eigenvalue weighted by molar-refractivity contribution is 5.81. The van der Waals surface area contributed by atoms with E-state index in [1.165, 1.54) is 10.9 Å². The van der Waals surface area contributed by atoms with Crippen LogP contribution < -0.4 is 0 Å². The van der Waals surface area contributed by atoms with Gasteiger partial charge in [-0.15, -0.1) is 0 Å². The Balaban J connectivity index is 1.77. The molecule has 1 aromatic heterocycles. The Labute approximate surface area is 139 Å². The van der Waals surface area contributed by atoms with Gasteiger partial charge in [0.15, 0.2) is 0 Å². The van der Waals surface area contributed by atoms with Crippen molar-refractivity contribution in [3.8, 4) is 0 Å². The summed E-state index contributed by atoms with van der Waals surface area (Å²) < 4.78 is 0. The molecule has 3 heteroatoms. The molecule has 0 radical (unpaired) electrons. The van der Waals surface area contributed by atoms with Gasteiger partial charge in [0.05, 0.1) is 11.1 Å². The number of hydrogen-bond acceptors (Lipinski definition) is 3. The molecule has 1 saturated heterocycles. The third-order valence-corrected chi connectivity index (χ3v) is 5.16. The van der Waals surface area contributed by atoms with Gasteiger partial charge in [-0.3, -0.25) is 9.88 Å². The monoisotopic (exact) mass is 312 g/mol. The molecule has 0 saturated carbocycles. The van der Waals surface area contributed by atoms with Crippen LogP contribution in [0.2, 0.25) is 0 Å². The lowest BCUT2D eigenvalue weighted by atomic mass is 9.78. The Kier molecular flexibility index (Phi) is 4.69. The van der Waals surface area contributed by atoms with Crippen molar-refractivity contribution in [3.63, 3.8) is 0 Å². The zero-order valence-corrected chi connectivity index (χ0v) is 14.5. The fourth-order valence-corrected chi connectivity index (χ4v) is 3.77. The van der Waals surface area contributed by atoms with Gasteiger partial charge < -0.3 is 5.11 Å². The number of likely N-dealkylation sites (tertiary alicyclic amines) is 1. The first-order chi connectivity index (χ1) is 11.0. The van der Waals surface area contributed by atoms with E-state index in [2.05, 4.69) is 48.0 Å². The summed E-state index contributed by atoms with van der Waals surface area (Å²) >= 11 is 0. The van der Waals surface area contributed by atoms with Gasteiger partial charge in [0.1, 0.15) is 0 Å². The third kappa shape index (κ3) is 3.73. The number of hydrogen-bond donors (Lipinski definition) is 1. The molecule has 1 aliphatic heterocycles. The van der Waals surface area contributed by atoms with Gasteiger partial charge >= 0.3 is 0 Å². The van der Waals surface area contributed by atoms with Crippen LogP contribution in [0.1, 0.15) is 39.2 Å². The molecule has 0 amide bonds. The van der Waals surface area contributed by atoms with Gasteiger partial charge in [0.25, 0.3) is 0 Å². The van der Waals surface area contributed by atoms with Crippen molar-refractivity contribution >= 4 is 10.9 Å². The summed E-state index contributed by atoms with van der Waals surface area (Å²) in [7, 11) is 0. The molecular formula is C20H28N2O. The van der Waals surface area contributed by atoms with Crippen LogP contribution >= 0.6 is 0 Å². The first-order valence-electron chi connectivity index (χ1n) is 8.73. The van der Waals surface area contributed by atoms with Gasteiger partial charge in [0.2, 0.25) is 0 Å². The molecular weight excluding hydrogens is 284 g/mol. The quantitative estimate of drug-likeness (QED) is 0.931. The lowest BCUT2D eigenvalue weighted by molar-refractivity contribution is -0.0663. The topological polar surface area (TPSA) is 36.4 Å². The minimum Gasteiger partial charge on any atom is -0.390 e. The van der Waals surface area contributed by atoms with Gasteiger partial charge in [-0.05, 0) is 37.3 Å². The van der Waals surface area contributed by atoms with Crippen LogP contribution in [0.25, 0.3) is 10.9 Å². The fourth-order valence-electron chi connectivity index (χ4n) is 3.77. The Morgan fingerprint density at radius 1 is 1.30 bits per heavy atom. The maximum atomic E-state index is 10.7. The molecule has 0 bridgehead atoms. The number of aromatic nitrogens is 1. The number of rotatable bonds is 4. The number of aliphatic hydroxyl groups is 1. The number of fused-ring (bicyclic) bond motifs is 1. The van der Waals surface area contributed by atoms with Crippen molar-refractivity contribution in [2.45, 2.75) is 45.8 Å². The number of para-hydroxylation sites is 1. The molecule has 1 N–H and O–H groups in total. The lowest BCUT2D eigenvalue weighted by Gasteiger charge is -2.43. The van der Waals surface area contributed by atoms with Crippen LogP contribution in [0.5, 0.6) is 0 Å². The second-order valence-electron chi connectivity index (χ2n) is 7.66. The normalized spacial score (nSPS) is 26.0. The highest BCUT2D eigenvalue weighted by Gasteiger charge is 2.37. The van der Waals surface area contributed by atoms with Crippen LogP contribution in [-0.2, 0) is 6.54 Å². The lowest BCUT2D eigenvalue weighted by Crippen LogP contribution is -2.50. The molecule has 0 unspecified atom stereocenters. The standard InChI is InChI=1S/C20H28N2O/c1-15(2)12-18-14-22(11-9-20(18,3)23)13-17-7-4-6-16-8-5-10-21-19(16)17/h4-8,10,15,18,23H,9,11-14H2,1-3H3/t18-,20+/m0/s1. The van der Waals surface area contributed by atoms with E-state index < -0.39 is 5.60 Å². The smallest absolute Gasteiger partial charge is 0.0746 e. The molecule has 1 fully saturated rings. The molecule has 1 aromatic carbocycles. The molecule has 2 heterocycles. The summed E-state index contributed by atoms with van der Waals surface area (Å²) in [4.78, 5) is 7.05. The Morgan fingerprint density at radius 3 is 2.87 bits per heavy atom. The maximum absolute atomic E-state index is 10.7. The van der Waals surface area contributed by atoms with E-state index >= 15 is 0 Å².